The average molecular weight is 374 g/mol. The smallest absolute Gasteiger partial charge is 0.223 e. The lowest BCUT2D eigenvalue weighted by Gasteiger charge is -2.07. The van der Waals surface area contributed by atoms with Crippen molar-refractivity contribution in [2.45, 2.75) is 31.7 Å². The second-order valence-corrected chi connectivity index (χ2v) is 5.98. The molecule has 1 aliphatic carbocycles. The number of aromatic amines is 1. The van der Waals surface area contributed by atoms with Gasteiger partial charge in [0.2, 0.25) is 5.95 Å². The normalized spacial score (nSPS) is 15.4. The van der Waals surface area contributed by atoms with E-state index in [0.717, 1.165) is 21.8 Å². The van der Waals surface area contributed by atoms with E-state index in [2.05, 4.69) is 41.2 Å². The monoisotopic (exact) mass is 372 g/mol. The summed E-state index contributed by atoms with van der Waals surface area (Å²) in [6.07, 6.45) is 4.15. The number of aromatic nitrogens is 4. The van der Waals surface area contributed by atoms with Crippen molar-refractivity contribution >= 4 is 34.3 Å². The Balaban J connectivity index is 0.00000161. The Morgan fingerprint density at radius 2 is 2.24 bits per heavy atom. The lowest BCUT2D eigenvalue weighted by molar-refractivity contribution is 0.773. The number of halogens is 2. The van der Waals surface area contributed by atoms with Crippen molar-refractivity contribution in [2.75, 3.05) is 11.9 Å². The number of H-pyrrole nitrogens is 1. The minimum absolute atomic E-state index is 0. The van der Waals surface area contributed by atoms with Gasteiger partial charge in [0.1, 0.15) is 16.1 Å². The summed E-state index contributed by atoms with van der Waals surface area (Å²) in [4.78, 5) is 16.6. The fourth-order valence-corrected chi connectivity index (χ4v) is 2.41. The number of hydrogen-bond donors (Lipinski definition) is 3. The summed E-state index contributed by atoms with van der Waals surface area (Å²) in [5.41, 5.74) is 7.34. The zero-order chi connectivity index (χ0) is 14.1. The molecule has 4 N–H and O–H groups in total. The Morgan fingerprint density at radius 1 is 1.48 bits per heavy atom. The number of rotatable bonds is 5. The molecule has 0 bridgehead atoms. The van der Waals surface area contributed by atoms with Crippen LogP contribution in [0.4, 0.5) is 5.95 Å². The van der Waals surface area contributed by atoms with Gasteiger partial charge in [0.25, 0.3) is 0 Å². The molecule has 114 valence electrons. The van der Waals surface area contributed by atoms with E-state index in [-0.39, 0.29) is 18.4 Å². The number of anilines is 1. The third kappa shape index (κ3) is 3.93. The first kappa shape index (κ1) is 16.2. The maximum atomic E-state index is 5.71. The molecule has 6 nitrogen and oxygen atoms in total. The summed E-state index contributed by atoms with van der Waals surface area (Å²) in [7, 11) is 0. The molecule has 0 unspecified atom stereocenters. The van der Waals surface area contributed by atoms with Crippen LogP contribution >= 0.6 is 28.3 Å². The first-order chi connectivity index (χ1) is 9.63. The summed E-state index contributed by atoms with van der Waals surface area (Å²) in [5, 5.41) is 3.12. The molecule has 0 aromatic carbocycles. The van der Waals surface area contributed by atoms with Crippen LogP contribution in [0.2, 0.25) is 0 Å². The highest BCUT2D eigenvalue weighted by Gasteiger charge is 2.28. The van der Waals surface area contributed by atoms with Gasteiger partial charge >= 0.3 is 0 Å². The van der Waals surface area contributed by atoms with Crippen molar-refractivity contribution < 1.29 is 0 Å². The topological polar surface area (TPSA) is 92.5 Å². The molecular weight excluding hydrogens is 356 g/mol. The molecule has 3 rings (SSSR count). The zero-order valence-corrected chi connectivity index (χ0v) is 14.0. The van der Waals surface area contributed by atoms with Crippen LogP contribution < -0.4 is 11.1 Å². The number of imidazole rings is 1. The van der Waals surface area contributed by atoms with E-state index >= 15 is 0 Å². The van der Waals surface area contributed by atoms with Crippen molar-refractivity contribution in [3.8, 4) is 11.4 Å². The predicted molar refractivity (Wildman–Crippen MR) is 88.7 cm³/mol. The second kappa shape index (κ2) is 6.72. The number of nitrogens with two attached hydrogens (primary N) is 1. The van der Waals surface area contributed by atoms with Crippen LogP contribution in [0.25, 0.3) is 11.4 Å². The highest BCUT2D eigenvalue weighted by Crippen LogP contribution is 2.40. The van der Waals surface area contributed by atoms with Crippen LogP contribution in [0.5, 0.6) is 0 Å². The summed E-state index contributed by atoms with van der Waals surface area (Å²) in [6.45, 7) is 2.57. The Labute approximate surface area is 137 Å². The molecule has 2 aromatic rings. The largest absolute Gasteiger partial charge is 0.353 e. The van der Waals surface area contributed by atoms with Gasteiger partial charge in [-0.15, -0.1) is 12.4 Å². The molecule has 1 saturated carbocycles. The van der Waals surface area contributed by atoms with Crippen molar-refractivity contribution in [3.05, 3.63) is 22.7 Å². The van der Waals surface area contributed by atoms with E-state index in [9.17, 15) is 0 Å². The van der Waals surface area contributed by atoms with Crippen LogP contribution in [0.3, 0.4) is 0 Å². The Bertz CT molecular complexity index is 610. The fourth-order valence-electron chi connectivity index (χ4n) is 1.92. The molecule has 0 radical (unpaired) electrons. The van der Waals surface area contributed by atoms with Crippen LogP contribution in [-0.2, 0) is 0 Å². The molecule has 8 heteroatoms. The standard InChI is InChI=1S/C13H17BrN6.ClH/c1-7(15)6-17-13-16-5-4-9(18-13)10-11(14)20-12(19-10)8-2-3-8;/h4-5,7-8H,2-3,6,15H2,1H3,(H,19,20)(H,16,17,18);1H/t7-;/m0./s1. The van der Waals surface area contributed by atoms with E-state index in [1.165, 1.54) is 12.8 Å². The quantitative estimate of drug-likeness (QED) is 0.749. The molecule has 21 heavy (non-hydrogen) atoms. The molecule has 0 spiro atoms. The Morgan fingerprint density at radius 3 is 2.90 bits per heavy atom. The number of nitrogens with one attached hydrogen (secondary N) is 2. The van der Waals surface area contributed by atoms with Crippen molar-refractivity contribution in [3.63, 3.8) is 0 Å². The minimum atomic E-state index is 0. The Hall–Kier alpha value is -1.18. The van der Waals surface area contributed by atoms with Crippen LogP contribution in [0.15, 0.2) is 16.9 Å². The summed E-state index contributed by atoms with van der Waals surface area (Å²) >= 11 is 3.52. The summed E-state index contributed by atoms with van der Waals surface area (Å²) < 4.78 is 0.872. The zero-order valence-electron chi connectivity index (χ0n) is 11.6. The van der Waals surface area contributed by atoms with Gasteiger partial charge in [-0.2, -0.15) is 0 Å². The molecule has 1 fully saturated rings. The van der Waals surface area contributed by atoms with Crippen LogP contribution in [0, 0.1) is 0 Å². The SMILES string of the molecule is C[C@H](N)CNc1nccc(-c2nc(C3CC3)[nH]c2Br)n1.Cl. The molecule has 1 aliphatic rings. The Kier molecular flexibility index (Phi) is 5.18. The van der Waals surface area contributed by atoms with Gasteiger partial charge in [-0.05, 0) is 41.8 Å². The number of hydrogen-bond acceptors (Lipinski definition) is 5. The first-order valence-corrected chi connectivity index (χ1v) is 7.51. The average Bonchev–Trinajstić information content (AvgIpc) is 3.20. The molecular formula is C13H18BrClN6. The maximum Gasteiger partial charge on any atom is 0.223 e. The van der Waals surface area contributed by atoms with Gasteiger partial charge < -0.3 is 16.0 Å². The van der Waals surface area contributed by atoms with Gasteiger partial charge in [-0.3, -0.25) is 0 Å². The lowest BCUT2D eigenvalue weighted by atomic mass is 10.3. The van der Waals surface area contributed by atoms with E-state index < -0.39 is 0 Å². The van der Waals surface area contributed by atoms with E-state index in [0.29, 0.717) is 18.4 Å². The molecule has 0 saturated heterocycles. The van der Waals surface area contributed by atoms with Gasteiger partial charge in [0.15, 0.2) is 0 Å². The summed E-state index contributed by atoms with van der Waals surface area (Å²) in [6, 6.07) is 1.91. The van der Waals surface area contributed by atoms with Crippen LogP contribution in [0.1, 0.15) is 31.5 Å². The van der Waals surface area contributed by atoms with Crippen molar-refractivity contribution in [1.82, 2.24) is 19.9 Å². The van der Waals surface area contributed by atoms with Gasteiger partial charge in [-0.25, -0.2) is 15.0 Å². The van der Waals surface area contributed by atoms with Crippen molar-refractivity contribution in [1.29, 1.82) is 0 Å². The van der Waals surface area contributed by atoms with E-state index in [4.69, 9.17) is 5.73 Å². The summed E-state index contributed by atoms with van der Waals surface area (Å²) in [5.74, 6) is 2.19. The second-order valence-electron chi connectivity index (χ2n) is 5.18. The molecule has 2 heterocycles. The minimum Gasteiger partial charge on any atom is -0.353 e. The molecule has 0 amide bonds. The van der Waals surface area contributed by atoms with Crippen molar-refractivity contribution in [2.24, 2.45) is 5.73 Å². The third-order valence-electron chi connectivity index (χ3n) is 3.12. The maximum absolute atomic E-state index is 5.71. The number of nitrogens with zero attached hydrogens (tertiary/aromatic N) is 3. The van der Waals surface area contributed by atoms with Gasteiger partial charge in [0, 0.05) is 24.7 Å². The van der Waals surface area contributed by atoms with E-state index in [1.807, 2.05) is 13.0 Å². The van der Waals surface area contributed by atoms with Gasteiger partial charge in [0.05, 0.1) is 5.69 Å². The third-order valence-corrected chi connectivity index (χ3v) is 3.70. The first-order valence-electron chi connectivity index (χ1n) is 6.71. The molecule has 1 atom stereocenters. The lowest BCUT2D eigenvalue weighted by Crippen LogP contribution is -2.25. The van der Waals surface area contributed by atoms with Crippen LogP contribution in [-0.4, -0.2) is 32.5 Å². The highest BCUT2D eigenvalue weighted by atomic mass is 79.9. The predicted octanol–water partition coefficient (Wildman–Crippen LogP) is 2.69. The van der Waals surface area contributed by atoms with E-state index in [1.54, 1.807) is 6.20 Å². The fraction of sp³-hybridized carbons (Fsp3) is 0.462. The van der Waals surface area contributed by atoms with Gasteiger partial charge in [-0.1, -0.05) is 0 Å². The molecule has 0 aliphatic heterocycles. The highest BCUT2D eigenvalue weighted by molar-refractivity contribution is 9.10. The molecule has 2 aromatic heterocycles.